The maximum atomic E-state index is 11.0. The Hall–Kier alpha value is -1.85. The van der Waals surface area contributed by atoms with Crippen LogP contribution >= 0.6 is 0 Å². The van der Waals surface area contributed by atoms with Gasteiger partial charge in [-0.3, -0.25) is 9.89 Å². The molecule has 6 heteroatoms. The molecule has 0 unspecified atom stereocenters. The highest BCUT2D eigenvalue weighted by Gasteiger charge is 2.15. The summed E-state index contributed by atoms with van der Waals surface area (Å²) in [5, 5.41) is 14.4. The number of carbonyl (C=O) groups excluding carboxylic acids is 1. The van der Waals surface area contributed by atoms with Crippen molar-refractivity contribution in [1.29, 1.82) is 0 Å². The maximum Gasteiger partial charge on any atom is 0.356 e. The second kappa shape index (κ2) is 3.70. The van der Waals surface area contributed by atoms with Gasteiger partial charge in [-0.1, -0.05) is 0 Å². The van der Waals surface area contributed by atoms with Crippen molar-refractivity contribution in [2.45, 2.75) is 6.42 Å². The molecular formula is C7H8N2O4. The number of nitrogens with one attached hydrogen (secondary N) is 1. The first-order valence-corrected chi connectivity index (χ1v) is 3.47. The Morgan fingerprint density at radius 3 is 2.92 bits per heavy atom. The lowest BCUT2D eigenvalue weighted by atomic mass is 10.2. The van der Waals surface area contributed by atoms with Crippen LogP contribution in [0.5, 0.6) is 0 Å². The minimum Gasteiger partial charge on any atom is -0.481 e. The van der Waals surface area contributed by atoms with Crippen molar-refractivity contribution < 1.29 is 19.4 Å². The summed E-state index contributed by atoms with van der Waals surface area (Å²) in [6.45, 7) is 0. The third-order valence-corrected chi connectivity index (χ3v) is 1.45. The minimum atomic E-state index is -1.02. The average Bonchev–Trinajstić information content (AvgIpc) is 2.50. The fraction of sp³-hybridized carbons (Fsp3) is 0.286. The summed E-state index contributed by atoms with van der Waals surface area (Å²) < 4.78 is 4.41. The van der Waals surface area contributed by atoms with Crippen LogP contribution in [-0.2, 0) is 16.0 Å². The molecule has 1 aromatic heterocycles. The van der Waals surface area contributed by atoms with Crippen LogP contribution in [0.3, 0.4) is 0 Å². The zero-order valence-electron chi connectivity index (χ0n) is 6.90. The molecular weight excluding hydrogens is 176 g/mol. The lowest BCUT2D eigenvalue weighted by Gasteiger charge is -1.97. The van der Waals surface area contributed by atoms with Gasteiger partial charge in [0, 0.05) is 5.56 Å². The summed E-state index contributed by atoms with van der Waals surface area (Å²) >= 11 is 0. The quantitative estimate of drug-likeness (QED) is 0.636. The van der Waals surface area contributed by atoms with E-state index in [0.717, 1.165) is 0 Å². The van der Waals surface area contributed by atoms with E-state index in [2.05, 4.69) is 14.9 Å². The molecule has 0 aliphatic heterocycles. The highest BCUT2D eigenvalue weighted by Crippen LogP contribution is 2.06. The molecule has 0 amide bonds. The third kappa shape index (κ3) is 2.05. The molecule has 0 fully saturated rings. The largest absolute Gasteiger partial charge is 0.481 e. The van der Waals surface area contributed by atoms with E-state index in [4.69, 9.17) is 5.11 Å². The first-order chi connectivity index (χ1) is 6.15. The summed E-state index contributed by atoms with van der Waals surface area (Å²) in [5.74, 6) is -1.64. The number of H-pyrrole nitrogens is 1. The topological polar surface area (TPSA) is 92.3 Å². The van der Waals surface area contributed by atoms with Crippen LogP contribution < -0.4 is 0 Å². The Morgan fingerprint density at radius 2 is 2.38 bits per heavy atom. The predicted molar refractivity (Wildman–Crippen MR) is 41.3 cm³/mol. The Balaban J connectivity index is 2.89. The molecule has 2 N–H and O–H groups in total. The molecule has 0 radical (unpaired) electrons. The summed E-state index contributed by atoms with van der Waals surface area (Å²) in [6.07, 6.45) is 1.04. The zero-order valence-corrected chi connectivity index (χ0v) is 6.90. The first kappa shape index (κ1) is 9.24. The predicted octanol–water partition coefficient (Wildman–Crippen LogP) is -0.177. The Kier molecular flexibility index (Phi) is 2.63. The van der Waals surface area contributed by atoms with Gasteiger partial charge >= 0.3 is 11.9 Å². The van der Waals surface area contributed by atoms with Gasteiger partial charge in [0.05, 0.1) is 19.7 Å². The number of hydrogen-bond donors (Lipinski definition) is 2. The van der Waals surface area contributed by atoms with E-state index >= 15 is 0 Å². The van der Waals surface area contributed by atoms with E-state index in [-0.39, 0.29) is 12.1 Å². The van der Waals surface area contributed by atoms with Crippen LogP contribution in [0.1, 0.15) is 16.1 Å². The second-order valence-corrected chi connectivity index (χ2v) is 2.33. The Bertz CT molecular complexity index is 331. The molecule has 1 aromatic rings. The first-order valence-electron chi connectivity index (χ1n) is 3.47. The van der Waals surface area contributed by atoms with Crippen molar-refractivity contribution in [1.82, 2.24) is 10.2 Å². The summed E-state index contributed by atoms with van der Waals surface area (Å²) in [7, 11) is 1.22. The molecule has 0 saturated heterocycles. The van der Waals surface area contributed by atoms with E-state index in [1.165, 1.54) is 13.3 Å². The second-order valence-electron chi connectivity index (χ2n) is 2.33. The number of nitrogens with zero attached hydrogens (tertiary/aromatic N) is 1. The number of aliphatic carboxylic acids is 1. The van der Waals surface area contributed by atoms with Gasteiger partial charge in [-0.2, -0.15) is 5.10 Å². The molecule has 0 aromatic carbocycles. The van der Waals surface area contributed by atoms with Gasteiger partial charge in [0.25, 0.3) is 0 Å². The van der Waals surface area contributed by atoms with Gasteiger partial charge in [-0.15, -0.1) is 0 Å². The van der Waals surface area contributed by atoms with Gasteiger partial charge in [0.15, 0.2) is 0 Å². The lowest BCUT2D eigenvalue weighted by molar-refractivity contribution is -0.136. The van der Waals surface area contributed by atoms with E-state index in [1.807, 2.05) is 0 Å². The fourth-order valence-electron chi connectivity index (χ4n) is 0.887. The van der Waals surface area contributed by atoms with Crippen molar-refractivity contribution in [3.8, 4) is 0 Å². The lowest BCUT2D eigenvalue weighted by Crippen LogP contribution is -2.08. The smallest absolute Gasteiger partial charge is 0.356 e. The molecule has 70 valence electrons. The minimum absolute atomic E-state index is 0.0879. The number of carboxylic acid groups (broad SMARTS) is 1. The Morgan fingerprint density at radius 1 is 1.69 bits per heavy atom. The van der Waals surface area contributed by atoms with Crippen molar-refractivity contribution in [2.24, 2.45) is 0 Å². The van der Waals surface area contributed by atoms with Crippen molar-refractivity contribution in [3.05, 3.63) is 17.5 Å². The molecule has 0 aliphatic rings. The van der Waals surface area contributed by atoms with Crippen molar-refractivity contribution in [2.75, 3.05) is 7.11 Å². The van der Waals surface area contributed by atoms with E-state index in [9.17, 15) is 9.59 Å². The number of carbonyl (C=O) groups is 2. The molecule has 13 heavy (non-hydrogen) atoms. The summed E-state index contributed by atoms with van der Waals surface area (Å²) in [5.41, 5.74) is 0.407. The normalized spacial score (nSPS) is 9.62. The molecule has 0 atom stereocenters. The molecule has 0 aliphatic carbocycles. The highest BCUT2D eigenvalue weighted by molar-refractivity contribution is 5.90. The molecule has 1 heterocycles. The van der Waals surface area contributed by atoms with Gasteiger partial charge < -0.3 is 9.84 Å². The van der Waals surface area contributed by atoms with Crippen LogP contribution in [-0.4, -0.2) is 34.4 Å². The van der Waals surface area contributed by atoms with Crippen LogP contribution in [0.4, 0.5) is 0 Å². The van der Waals surface area contributed by atoms with Gasteiger partial charge in [-0.25, -0.2) is 4.79 Å². The van der Waals surface area contributed by atoms with E-state index < -0.39 is 11.9 Å². The summed E-state index contributed by atoms with van der Waals surface area (Å²) in [4.78, 5) is 21.3. The molecule has 0 spiro atoms. The van der Waals surface area contributed by atoms with Crippen molar-refractivity contribution >= 4 is 11.9 Å². The standard InChI is InChI=1S/C7H8N2O4/c1-13-7(12)6-4(2-5(10)11)3-8-9-6/h3H,2H2,1H3,(H,8,9)(H,10,11). The van der Waals surface area contributed by atoms with Crippen molar-refractivity contribution in [3.63, 3.8) is 0 Å². The molecule has 0 bridgehead atoms. The number of carboxylic acids is 1. The zero-order chi connectivity index (χ0) is 9.84. The van der Waals surface area contributed by atoms with E-state index in [1.54, 1.807) is 0 Å². The number of esters is 1. The number of hydrogen-bond acceptors (Lipinski definition) is 4. The Labute approximate surface area is 73.5 Å². The van der Waals surface area contributed by atoms with Crippen LogP contribution in [0.25, 0.3) is 0 Å². The maximum absolute atomic E-state index is 11.0. The number of ether oxygens (including phenoxy) is 1. The fourth-order valence-corrected chi connectivity index (χ4v) is 0.887. The van der Waals surface area contributed by atoms with Gasteiger partial charge in [0.1, 0.15) is 5.69 Å². The van der Waals surface area contributed by atoms with Crippen LogP contribution in [0, 0.1) is 0 Å². The van der Waals surface area contributed by atoms with Crippen LogP contribution in [0.15, 0.2) is 6.20 Å². The molecule has 1 rings (SSSR count). The summed E-state index contributed by atoms with van der Waals surface area (Å²) in [6, 6.07) is 0. The number of aromatic nitrogens is 2. The van der Waals surface area contributed by atoms with Gasteiger partial charge in [-0.05, 0) is 0 Å². The molecule has 0 saturated carbocycles. The SMILES string of the molecule is COC(=O)c1[nH]ncc1CC(=O)O. The highest BCUT2D eigenvalue weighted by atomic mass is 16.5. The number of methoxy groups -OCH3 is 1. The number of aromatic amines is 1. The average molecular weight is 184 g/mol. The third-order valence-electron chi connectivity index (χ3n) is 1.45. The molecule has 6 nitrogen and oxygen atoms in total. The monoisotopic (exact) mass is 184 g/mol. The van der Waals surface area contributed by atoms with Crippen LogP contribution in [0.2, 0.25) is 0 Å². The number of rotatable bonds is 3. The van der Waals surface area contributed by atoms with Gasteiger partial charge in [0.2, 0.25) is 0 Å². The van der Waals surface area contributed by atoms with E-state index in [0.29, 0.717) is 5.56 Å².